The van der Waals surface area contributed by atoms with Crippen LogP contribution in [0.2, 0.25) is 5.02 Å². The maximum Gasteiger partial charge on any atom is 0.243 e. The molecule has 1 aromatic rings. The van der Waals surface area contributed by atoms with Gasteiger partial charge in [0.05, 0.1) is 5.02 Å². The average molecular weight is 337 g/mol. The molecule has 0 saturated heterocycles. The molecular weight excluding hydrogens is 319 g/mol. The quantitative estimate of drug-likeness (QED) is 0.913. The number of nitrogens with one attached hydrogen (secondary N) is 1. The highest BCUT2D eigenvalue weighted by Gasteiger charge is 2.35. The second kappa shape index (κ2) is 5.90. The van der Waals surface area contributed by atoms with E-state index < -0.39 is 27.3 Å². The zero-order valence-corrected chi connectivity index (χ0v) is 14.1. The number of carbonyl (C=O) groups is 1. The molecule has 0 unspecified atom stereocenters. The molecule has 21 heavy (non-hydrogen) atoms. The van der Waals surface area contributed by atoms with Crippen LogP contribution in [0, 0.1) is 12.7 Å². The van der Waals surface area contributed by atoms with Gasteiger partial charge in [-0.2, -0.15) is 4.72 Å². The maximum atomic E-state index is 13.4. The number of aryl methyl sites for hydroxylation is 1. The standard InChI is InChI=1S/C13H18ClFN2O3S/c1-8-6-11(9(14)7-10(8)15)21(19,20)16-13(2,3)12(18)17(4)5/h6-7,16H,1-5H3. The molecule has 1 aromatic carbocycles. The molecule has 0 radical (unpaired) electrons. The molecule has 1 rings (SSSR count). The second-order valence-corrected chi connectivity index (χ2v) is 7.52. The number of rotatable bonds is 4. The molecule has 0 atom stereocenters. The van der Waals surface area contributed by atoms with Crippen LogP contribution in [0.4, 0.5) is 4.39 Å². The Balaban J connectivity index is 3.25. The summed E-state index contributed by atoms with van der Waals surface area (Å²) in [7, 11) is -1.02. The predicted octanol–water partition coefficient (Wildman–Crippen LogP) is 1.93. The van der Waals surface area contributed by atoms with E-state index in [1.807, 2.05) is 0 Å². The van der Waals surface area contributed by atoms with Gasteiger partial charge < -0.3 is 4.90 Å². The highest BCUT2D eigenvalue weighted by atomic mass is 35.5. The minimum atomic E-state index is -4.06. The summed E-state index contributed by atoms with van der Waals surface area (Å²) in [5, 5.41) is -0.237. The summed E-state index contributed by atoms with van der Waals surface area (Å²) in [4.78, 5) is 13.0. The summed E-state index contributed by atoms with van der Waals surface area (Å²) in [6, 6.07) is 2.07. The monoisotopic (exact) mass is 336 g/mol. The van der Waals surface area contributed by atoms with Crippen LogP contribution in [-0.2, 0) is 14.8 Å². The molecule has 0 aliphatic rings. The third kappa shape index (κ3) is 3.93. The molecule has 0 heterocycles. The molecule has 118 valence electrons. The Morgan fingerprint density at radius 2 is 1.86 bits per heavy atom. The normalized spacial score (nSPS) is 12.3. The number of sulfonamides is 1. The SMILES string of the molecule is Cc1cc(S(=O)(=O)NC(C)(C)C(=O)N(C)C)c(Cl)cc1F. The summed E-state index contributed by atoms with van der Waals surface area (Å²) < 4.78 is 40.4. The summed E-state index contributed by atoms with van der Waals surface area (Å²) in [5.41, 5.74) is -1.20. The molecule has 5 nitrogen and oxygen atoms in total. The molecule has 0 aromatic heterocycles. The topological polar surface area (TPSA) is 66.5 Å². The highest BCUT2D eigenvalue weighted by molar-refractivity contribution is 7.89. The molecule has 0 saturated carbocycles. The van der Waals surface area contributed by atoms with Crippen molar-refractivity contribution < 1.29 is 17.6 Å². The van der Waals surface area contributed by atoms with E-state index in [9.17, 15) is 17.6 Å². The van der Waals surface area contributed by atoms with Crippen molar-refractivity contribution >= 4 is 27.5 Å². The lowest BCUT2D eigenvalue weighted by molar-refractivity contribution is -0.133. The minimum Gasteiger partial charge on any atom is -0.347 e. The van der Waals surface area contributed by atoms with Crippen LogP contribution in [0.3, 0.4) is 0 Å². The van der Waals surface area contributed by atoms with Gasteiger partial charge in [-0.15, -0.1) is 0 Å². The molecule has 1 amide bonds. The zero-order valence-electron chi connectivity index (χ0n) is 12.5. The van der Waals surface area contributed by atoms with E-state index in [0.717, 1.165) is 12.1 Å². The fourth-order valence-electron chi connectivity index (χ4n) is 1.83. The first-order valence-electron chi connectivity index (χ1n) is 6.10. The highest BCUT2D eigenvalue weighted by Crippen LogP contribution is 2.26. The molecule has 1 N–H and O–H groups in total. The van der Waals surface area contributed by atoms with Crippen molar-refractivity contribution in [3.63, 3.8) is 0 Å². The van der Waals surface area contributed by atoms with Crippen molar-refractivity contribution in [2.24, 2.45) is 0 Å². The van der Waals surface area contributed by atoms with E-state index >= 15 is 0 Å². The number of carbonyl (C=O) groups excluding carboxylic acids is 1. The van der Waals surface area contributed by atoms with Crippen LogP contribution in [0.25, 0.3) is 0 Å². The Bertz CT molecular complexity index is 672. The van der Waals surface area contributed by atoms with E-state index in [-0.39, 0.29) is 15.5 Å². The first-order chi connectivity index (χ1) is 9.38. The number of amides is 1. The van der Waals surface area contributed by atoms with E-state index in [1.54, 1.807) is 0 Å². The average Bonchev–Trinajstić information content (AvgIpc) is 2.31. The van der Waals surface area contributed by atoms with E-state index in [2.05, 4.69) is 4.72 Å². The van der Waals surface area contributed by atoms with Crippen LogP contribution in [0.15, 0.2) is 17.0 Å². The molecule has 0 fully saturated rings. The fraction of sp³-hybridized carbons (Fsp3) is 0.462. The number of likely N-dealkylation sites (N-methyl/N-ethyl adjacent to an activating group) is 1. The van der Waals surface area contributed by atoms with Crippen LogP contribution >= 0.6 is 11.6 Å². The van der Waals surface area contributed by atoms with Gasteiger partial charge in [0.2, 0.25) is 15.9 Å². The van der Waals surface area contributed by atoms with E-state index in [0.29, 0.717) is 0 Å². The van der Waals surface area contributed by atoms with Crippen LogP contribution in [-0.4, -0.2) is 38.9 Å². The molecule has 0 aliphatic heterocycles. The van der Waals surface area contributed by atoms with Crippen molar-refractivity contribution in [3.05, 3.63) is 28.5 Å². The first-order valence-corrected chi connectivity index (χ1v) is 7.96. The van der Waals surface area contributed by atoms with Crippen LogP contribution in [0.1, 0.15) is 19.4 Å². The number of nitrogens with zero attached hydrogens (tertiary/aromatic N) is 1. The molecule has 8 heteroatoms. The van der Waals surface area contributed by atoms with Crippen molar-refractivity contribution in [1.29, 1.82) is 0 Å². The van der Waals surface area contributed by atoms with Gasteiger partial charge in [0, 0.05) is 14.1 Å². The van der Waals surface area contributed by atoms with Gasteiger partial charge in [-0.1, -0.05) is 11.6 Å². The molecule has 0 bridgehead atoms. The third-order valence-electron chi connectivity index (χ3n) is 2.83. The largest absolute Gasteiger partial charge is 0.347 e. The van der Waals surface area contributed by atoms with Crippen molar-refractivity contribution in [2.45, 2.75) is 31.2 Å². The fourth-order valence-corrected chi connectivity index (χ4v) is 3.80. The number of halogens is 2. The number of hydrogen-bond acceptors (Lipinski definition) is 3. The van der Waals surface area contributed by atoms with Crippen LogP contribution in [0.5, 0.6) is 0 Å². The van der Waals surface area contributed by atoms with Crippen molar-refractivity contribution in [2.75, 3.05) is 14.1 Å². The first kappa shape index (κ1) is 17.9. The lowest BCUT2D eigenvalue weighted by Gasteiger charge is -2.28. The smallest absolute Gasteiger partial charge is 0.243 e. The van der Waals surface area contributed by atoms with Gasteiger partial charge in [-0.05, 0) is 38.5 Å². The zero-order chi connectivity index (χ0) is 16.6. The van der Waals surface area contributed by atoms with Gasteiger partial charge in [0.15, 0.2) is 0 Å². The van der Waals surface area contributed by atoms with E-state index in [4.69, 9.17) is 11.6 Å². The van der Waals surface area contributed by atoms with Gasteiger partial charge in [0.1, 0.15) is 16.3 Å². The molecule has 0 aliphatic carbocycles. The van der Waals surface area contributed by atoms with E-state index in [1.165, 1.54) is 39.8 Å². The Kier molecular flexibility index (Phi) is 5.02. The molecular formula is C13H18ClFN2O3S. The van der Waals surface area contributed by atoms with Gasteiger partial charge >= 0.3 is 0 Å². The van der Waals surface area contributed by atoms with Gasteiger partial charge in [-0.25, -0.2) is 12.8 Å². The second-order valence-electron chi connectivity index (χ2n) is 5.46. The lowest BCUT2D eigenvalue weighted by Crippen LogP contribution is -2.54. The summed E-state index contributed by atoms with van der Waals surface area (Å²) >= 11 is 5.80. The lowest BCUT2D eigenvalue weighted by atomic mass is 10.1. The Hall–Kier alpha value is -1.18. The maximum absolute atomic E-state index is 13.4. The summed E-state index contributed by atoms with van der Waals surface area (Å²) in [6.45, 7) is 4.31. The minimum absolute atomic E-state index is 0.150. The number of benzene rings is 1. The predicted molar refractivity (Wildman–Crippen MR) is 79.2 cm³/mol. The number of hydrogen-bond donors (Lipinski definition) is 1. The van der Waals surface area contributed by atoms with Crippen molar-refractivity contribution in [1.82, 2.24) is 9.62 Å². The molecule has 0 spiro atoms. The Morgan fingerprint density at radius 1 is 1.33 bits per heavy atom. The van der Waals surface area contributed by atoms with Crippen molar-refractivity contribution in [3.8, 4) is 0 Å². The van der Waals surface area contributed by atoms with Crippen LogP contribution < -0.4 is 4.72 Å². The van der Waals surface area contributed by atoms with Gasteiger partial charge in [-0.3, -0.25) is 4.79 Å². The van der Waals surface area contributed by atoms with Gasteiger partial charge in [0.25, 0.3) is 0 Å². The summed E-state index contributed by atoms with van der Waals surface area (Å²) in [6.07, 6.45) is 0. The Labute approximate surface area is 129 Å². The summed E-state index contributed by atoms with van der Waals surface area (Å²) in [5.74, 6) is -1.01. The Morgan fingerprint density at radius 3 is 2.33 bits per heavy atom. The third-order valence-corrected chi connectivity index (χ3v) is 4.95.